The third-order valence-electron chi connectivity index (χ3n) is 3.34. The van der Waals surface area contributed by atoms with Crippen LogP contribution in [0.1, 0.15) is 12.2 Å². The lowest BCUT2D eigenvalue weighted by Crippen LogP contribution is -2.39. The third-order valence-corrected chi connectivity index (χ3v) is 3.34. The summed E-state index contributed by atoms with van der Waals surface area (Å²) in [6.45, 7) is 0.476. The maximum atomic E-state index is 11.6. The Labute approximate surface area is 127 Å². The van der Waals surface area contributed by atoms with Gasteiger partial charge in [0.25, 0.3) is 0 Å². The quantitative estimate of drug-likeness (QED) is 0.606. The van der Waals surface area contributed by atoms with Gasteiger partial charge < -0.3 is 26.0 Å². The highest BCUT2D eigenvalue weighted by molar-refractivity contribution is 5.77. The first kappa shape index (κ1) is 15.8. The molecular weight excluding hydrogens is 286 g/mol. The summed E-state index contributed by atoms with van der Waals surface area (Å²) in [7, 11) is 1.89. The Hall–Kier alpha value is -2.61. The number of carbonyl (C=O) groups is 2. The van der Waals surface area contributed by atoms with Gasteiger partial charge in [-0.2, -0.15) is 0 Å². The molecule has 0 unspecified atom stereocenters. The number of benzene rings is 1. The number of hydrogen-bond acceptors (Lipinski definition) is 4. The van der Waals surface area contributed by atoms with E-state index < -0.39 is 12.0 Å². The number of rotatable bonds is 6. The second-order valence-electron chi connectivity index (χ2n) is 4.92. The molecule has 2 aromatic rings. The van der Waals surface area contributed by atoms with Crippen LogP contribution < -0.4 is 16.4 Å². The average molecular weight is 305 g/mol. The topological polar surface area (TPSA) is 122 Å². The lowest BCUT2D eigenvalue weighted by atomic mass is 10.2. The van der Waals surface area contributed by atoms with E-state index in [0.29, 0.717) is 0 Å². The van der Waals surface area contributed by atoms with Crippen LogP contribution in [-0.2, 0) is 18.4 Å². The van der Waals surface area contributed by atoms with Gasteiger partial charge in [-0.1, -0.05) is 12.1 Å². The SMILES string of the molecule is Cn1c(CNC(=O)NCC[C@H](N)C(=O)O)nc2ccccc21. The van der Waals surface area contributed by atoms with Crippen molar-refractivity contribution < 1.29 is 14.7 Å². The van der Waals surface area contributed by atoms with Crippen LogP contribution in [0, 0.1) is 0 Å². The number of nitrogens with zero attached hydrogens (tertiary/aromatic N) is 2. The first-order valence-corrected chi connectivity index (χ1v) is 6.89. The number of hydrogen-bond donors (Lipinski definition) is 4. The lowest BCUT2D eigenvalue weighted by molar-refractivity contribution is -0.138. The summed E-state index contributed by atoms with van der Waals surface area (Å²) in [6.07, 6.45) is 0.176. The van der Waals surface area contributed by atoms with Crippen molar-refractivity contribution in [2.24, 2.45) is 12.8 Å². The van der Waals surface area contributed by atoms with Crippen LogP contribution in [0.5, 0.6) is 0 Å². The number of urea groups is 1. The third kappa shape index (κ3) is 3.73. The number of para-hydroxylation sites is 2. The second-order valence-corrected chi connectivity index (χ2v) is 4.92. The number of carboxylic acids is 1. The first-order chi connectivity index (χ1) is 10.5. The van der Waals surface area contributed by atoms with Gasteiger partial charge in [0, 0.05) is 13.6 Å². The van der Waals surface area contributed by atoms with E-state index in [4.69, 9.17) is 10.8 Å². The van der Waals surface area contributed by atoms with Crippen molar-refractivity contribution in [2.45, 2.75) is 19.0 Å². The summed E-state index contributed by atoms with van der Waals surface area (Å²) in [5.41, 5.74) is 7.21. The largest absolute Gasteiger partial charge is 0.480 e. The lowest BCUT2D eigenvalue weighted by Gasteiger charge is -2.09. The fourth-order valence-electron chi connectivity index (χ4n) is 2.04. The molecule has 8 heteroatoms. The normalized spacial score (nSPS) is 12.1. The van der Waals surface area contributed by atoms with Crippen LogP contribution in [-0.4, -0.2) is 39.2 Å². The number of carbonyl (C=O) groups excluding carboxylic acids is 1. The monoisotopic (exact) mass is 305 g/mol. The minimum atomic E-state index is -1.08. The molecule has 0 aliphatic rings. The van der Waals surface area contributed by atoms with E-state index in [1.165, 1.54) is 0 Å². The number of carboxylic acid groups (broad SMARTS) is 1. The number of aliphatic carboxylic acids is 1. The molecule has 8 nitrogen and oxygen atoms in total. The summed E-state index contributed by atoms with van der Waals surface area (Å²) < 4.78 is 1.91. The molecule has 0 aliphatic heterocycles. The predicted molar refractivity (Wildman–Crippen MR) is 81.2 cm³/mol. The van der Waals surface area contributed by atoms with E-state index in [0.717, 1.165) is 16.9 Å². The zero-order valence-corrected chi connectivity index (χ0v) is 12.2. The van der Waals surface area contributed by atoms with E-state index in [-0.39, 0.29) is 25.5 Å². The Morgan fingerprint density at radius 2 is 2.09 bits per heavy atom. The molecule has 1 aromatic heterocycles. The van der Waals surface area contributed by atoms with Crippen molar-refractivity contribution >= 4 is 23.0 Å². The molecule has 0 spiro atoms. The van der Waals surface area contributed by atoms with Crippen molar-refractivity contribution in [3.05, 3.63) is 30.1 Å². The van der Waals surface area contributed by atoms with Crippen molar-refractivity contribution in [1.29, 1.82) is 0 Å². The van der Waals surface area contributed by atoms with Crippen molar-refractivity contribution in [3.8, 4) is 0 Å². The van der Waals surface area contributed by atoms with Crippen LogP contribution in [0.3, 0.4) is 0 Å². The minimum Gasteiger partial charge on any atom is -0.480 e. The Bertz CT molecular complexity index is 682. The van der Waals surface area contributed by atoms with E-state index >= 15 is 0 Å². The first-order valence-electron chi connectivity index (χ1n) is 6.89. The number of amides is 2. The molecule has 5 N–H and O–H groups in total. The van der Waals surface area contributed by atoms with E-state index in [2.05, 4.69) is 15.6 Å². The van der Waals surface area contributed by atoms with Crippen LogP contribution >= 0.6 is 0 Å². The summed E-state index contributed by atoms with van der Waals surface area (Å²) in [4.78, 5) is 26.6. The Kier molecular flexibility index (Phi) is 4.95. The van der Waals surface area contributed by atoms with E-state index in [1.54, 1.807) is 0 Å². The molecule has 0 saturated heterocycles. The van der Waals surface area contributed by atoms with Crippen LogP contribution in [0.25, 0.3) is 11.0 Å². The van der Waals surface area contributed by atoms with E-state index in [9.17, 15) is 9.59 Å². The molecule has 0 bridgehead atoms. The molecule has 0 aliphatic carbocycles. The summed E-state index contributed by atoms with van der Waals surface area (Å²) in [6, 6.07) is 6.35. The number of aryl methyl sites for hydroxylation is 1. The molecule has 2 rings (SSSR count). The van der Waals surface area contributed by atoms with Crippen molar-refractivity contribution in [1.82, 2.24) is 20.2 Å². The highest BCUT2D eigenvalue weighted by atomic mass is 16.4. The second kappa shape index (κ2) is 6.90. The molecular formula is C14H19N5O3. The molecule has 0 radical (unpaired) electrons. The van der Waals surface area contributed by atoms with Crippen molar-refractivity contribution in [3.63, 3.8) is 0 Å². The summed E-state index contributed by atoms with van der Waals surface area (Å²) in [5.74, 6) is -0.347. The van der Waals surface area contributed by atoms with Gasteiger partial charge >= 0.3 is 12.0 Å². The van der Waals surface area contributed by atoms with Crippen LogP contribution in [0.15, 0.2) is 24.3 Å². The Morgan fingerprint density at radius 3 is 2.77 bits per heavy atom. The molecule has 22 heavy (non-hydrogen) atoms. The Morgan fingerprint density at radius 1 is 1.36 bits per heavy atom. The number of nitrogens with two attached hydrogens (primary N) is 1. The van der Waals surface area contributed by atoms with Gasteiger partial charge in [-0.25, -0.2) is 9.78 Å². The maximum absolute atomic E-state index is 11.6. The standard InChI is InChI=1S/C14H19N5O3/c1-19-11-5-3-2-4-10(11)18-12(19)8-17-14(22)16-7-6-9(15)13(20)21/h2-5,9H,6-8,15H2,1H3,(H,20,21)(H2,16,17,22)/t9-/m0/s1. The maximum Gasteiger partial charge on any atom is 0.320 e. The van der Waals surface area contributed by atoms with E-state index in [1.807, 2.05) is 35.9 Å². The number of fused-ring (bicyclic) bond motifs is 1. The van der Waals surface area contributed by atoms with Gasteiger partial charge in [-0.3, -0.25) is 4.79 Å². The van der Waals surface area contributed by atoms with Gasteiger partial charge in [-0.05, 0) is 18.6 Å². The van der Waals surface area contributed by atoms with Gasteiger partial charge in [0.05, 0.1) is 17.6 Å². The molecule has 1 aromatic carbocycles. The fourth-order valence-corrected chi connectivity index (χ4v) is 2.04. The summed E-state index contributed by atoms with van der Waals surface area (Å²) in [5, 5.41) is 13.9. The predicted octanol–water partition coefficient (Wildman–Crippen LogP) is 0.175. The highest BCUT2D eigenvalue weighted by Crippen LogP contribution is 2.13. The zero-order chi connectivity index (χ0) is 16.1. The van der Waals surface area contributed by atoms with Crippen molar-refractivity contribution in [2.75, 3.05) is 6.54 Å². The Balaban J connectivity index is 1.83. The van der Waals surface area contributed by atoms with Gasteiger partial charge in [-0.15, -0.1) is 0 Å². The minimum absolute atomic E-state index is 0.176. The van der Waals surface area contributed by atoms with Gasteiger partial charge in [0.15, 0.2) is 0 Å². The van der Waals surface area contributed by atoms with Gasteiger partial charge in [0.2, 0.25) is 0 Å². The molecule has 1 atom stereocenters. The van der Waals surface area contributed by atoms with Gasteiger partial charge in [0.1, 0.15) is 11.9 Å². The fraction of sp³-hybridized carbons (Fsp3) is 0.357. The number of nitrogens with one attached hydrogen (secondary N) is 2. The number of aromatic nitrogens is 2. The molecule has 118 valence electrons. The van der Waals surface area contributed by atoms with Crippen LogP contribution in [0.2, 0.25) is 0 Å². The molecule has 0 saturated carbocycles. The molecule has 2 amide bonds. The molecule has 0 fully saturated rings. The molecule has 1 heterocycles. The highest BCUT2D eigenvalue weighted by Gasteiger charge is 2.12. The average Bonchev–Trinajstić information content (AvgIpc) is 2.82. The zero-order valence-electron chi connectivity index (χ0n) is 12.2. The van der Waals surface area contributed by atoms with Crippen LogP contribution in [0.4, 0.5) is 4.79 Å². The summed E-state index contributed by atoms with van der Waals surface area (Å²) >= 11 is 0. The number of imidazole rings is 1. The smallest absolute Gasteiger partial charge is 0.320 e.